The van der Waals surface area contributed by atoms with Crippen molar-refractivity contribution >= 4 is 17.6 Å². The molecule has 1 aliphatic heterocycles. The van der Waals surface area contributed by atoms with E-state index >= 15 is 8.78 Å². The van der Waals surface area contributed by atoms with Crippen LogP contribution in [0, 0.1) is 11.7 Å². The number of rotatable bonds is 6. The third kappa shape index (κ3) is 4.19. The molecule has 11 heteroatoms. The minimum absolute atomic E-state index is 0.0225. The third-order valence-corrected chi connectivity index (χ3v) is 5.83. The zero-order valence-electron chi connectivity index (χ0n) is 18.4. The fraction of sp³-hybridized carbons (Fsp3) is 0.455. The van der Waals surface area contributed by atoms with Gasteiger partial charge in [0, 0.05) is 11.3 Å². The number of carbonyl (C=O) groups is 1. The molecule has 0 radical (unpaired) electrons. The number of nitrogens with one attached hydrogen (secondary N) is 1. The Morgan fingerprint density at radius 2 is 1.97 bits per heavy atom. The number of aliphatic imine (C=N–C) groups is 1. The standard InChI is InChI=1S/C22H24F3N5O3/c1-20(2)22(24,25)21(3,30-19(26)33-20)14-8-13(6-7-15(14)23)29-18(31)16-9-28-17(10-27-16)32-11-12-4-5-12/h6-10,12H,4-5,11H2,1-3H3,(H2,26,30)(H,29,31). The molecule has 1 aromatic heterocycles. The minimum Gasteiger partial charge on any atom is -0.476 e. The van der Waals surface area contributed by atoms with Crippen LogP contribution in [0.3, 0.4) is 0 Å². The first kappa shape index (κ1) is 22.8. The summed E-state index contributed by atoms with van der Waals surface area (Å²) in [6.07, 6.45) is 4.82. The van der Waals surface area contributed by atoms with Crippen LogP contribution in [-0.2, 0) is 10.3 Å². The van der Waals surface area contributed by atoms with E-state index in [9.17, 15) is 9.18 Å². The number of ether oxygens (including phenoxy) is 2. The zero-order valence-corrected chi connectivity index (χ0v) is 18.4. The predicted octanol–water partition coefficient (Wildman–Crippen LogP) is 3.63. The van der Waals surface area contributed by atoms with Crippen molar-refractivity contribution in [3.63, 3.8) is 0 Å². The molecular formula is C22H24F3N5O3. The Morgan fingerprint density at radius 1 is 1.24 bits per heavy atom. The summed E-state index contributed by atoms with van der Waals surface area (Å²) in [4.78, 5) is 24.4. The molecule has 0 saturated heterocycles. The molecule has 2 heterocycles. The van der Waals surface area contributed by atoms with Gasteiger partial charge in [0.2, 0.25) is 5.88 Å². The highest BCUT2D eigenvalue weighted by Crippen LogP contribution is 2.51. The SMILES string of the molecule is CC1(C)OC(N)=NC(C)(c2cc(NC(=O)c3cnc(OCC4CC4)cn3)ccc2F)C1(F)F. The van der Waals surface area contributed by atoms with Gasteiger partial charge in [0.15, 0.2) is 11.1 Å². The summed E-state index contributed by atoms with van der Waals surface area (Å²) in [7, 11) is 0. The maximum Gasteiger partial charge on any atom is 0.315 e. The average Bonchev–Trinajstić information content (AvgIpc) is 3.57. The summed E-state index contributed by atoms with van der Waals surface area (Å²) in [5.74, 6) is -4.37. The Hall–Kier alpha value is -3.37. The Kier molecular flexibility index (Phi) is 5.45. The van der Waals surface area contributed by atoms with Gasteiger partial charge in [0.25, 0.3) is 11.9 Å². The van der Waals surface area contributed by atoms with Gasteiger partial charge in [-0.25, -0.2) is 19.4 Å². The van der Waals surface area contributed by atoms with E-state index in [1.165, 1.54) is 18.5 Å². The van der Waals surface area contributed by atoms with E-state index < -0.39 is 40.4 Å². The van der Waals surface area contributed by atoms with E-state index in [2.05, 4.69) is 20.3 Å². The topological polar surface area (TPSA) is 112 Å². The van der Waals surface area contributed by atoms with E-state index in [0.717, 1.165) is 45.7 Å². The van der Waals surface area contributed by atoms with Crippen LogP contribution in [0.1, 0.15) is 49.7 Å². The second kappa shape index (κ2) is 7.89. The monoisotopic (exact) mass is 463 g/mol. The van der Waals surface area contributed by atoms with Gasteiger partial charge in [-0.05, 0) is 57.7 Å². The first-order chi connectivity index (χ1) is 15.4. The van der Waals surface area contributed by atoms with Crippen LogP contribution >= 0.6 is 0 Å². The van der Waals surface area contributed by atoms with Gasteiger partial charge in [-0.3, -0.25) is 4.79 Å². The molecule has 2 aliphatic rings. The van der Waals surface area contributed by atoms with Crippen LogP contribution in [0.4, 0.5) is 18.9 Å². The molecule has 3 N–H and O–H groups in total. The van der Waals surface area contributed by atoms with Gasteiger partial charge in [-0.15, -0.1) is 0 Å². The fourth-order valence-electron chi connectivity index (χ4n) is 3.62. The van der Waals surface area contributed by atoms with Crippen LogP contribution < -0.4 is 15.8 Å². The Balaban J connectivity index is 1.57. The molecule has 1 atom stereocenters. The largest absolute Gasteiger partial charge is 0.476 e. The molecule has 0 spiro atoms. The lowest BCUT2D eigenvalue weighted by atomic mass is 9.77. The molecular weight excluding hydrogens is 439 g/mol. The smallest absolute Gasteiger partial charge is 0.315 e. The molecule has 1 saturated carbocycles. The number of carbonyl (C=O) groups excluding carboxylic acids is 1. The van der Waals surface area contributed by atoms with Crippen molar-refractivity contribution in [2.24, 2.45) is 16.6 Å². The average molecular weight is 463 g/mol. The zero-order chi connectivity index (χ0) is 24.0. The Morgan fingerprint density at radius 3 is 2.61 bits per heavy atom. The Bertz CT molecular complexity index is 1100. The summed E-state index contributed by atoms with van der Waals surface area (Å²) in [5, 5.41) is 2.52. The van der Waals surface area contributed by atoms with Crippen molar-refractivity contribution in [3.05, 3.63) is 47.7 Å². The number of hydrogen-bond donors (Lipinski definition) is 2. The van der Waals surface area contributed by atoms with E-state index in [1.807, 2.05) is 0 Å². The van der Waals surface area contributed by atoms with E-state index in [1.54, 1.807) is 0 Å². The molecule has 8 nitrogen and oxygen atoms in total. The first-order valence-electron chi connectivity index (χ1n) is 10.4. The lowest BCUT2D eigenvalue weighted by Gasteiger charge is -2.46. The maximum atomic E-state index is 15.3. The third-order valence-electron chi connectivity index (χ3n) is 5.83. The molecule has 1 aromatic carbocycles. The van der Waals surface area contributed by atoms with Gasteiger partial charge >= 0.3 is 5.92 Å². The van der Waals surface area contributed by atoms with Crippen molar-refractivity contribution < 1.29 is 27.4 Å². The van der Waals surface area contributed by atoms with Crippen molar-refractivity contribution in [1.29, 1.82) is 0 Å². The highest BCUT2D eigenvalue weighted by molar-refractivity contribution is 6.02. The summed E-state index contributed by atoms with van der Waals surface area (Å²) in [5.41, 5.74) is 0.809. The highest BCUT2D eigenvalue weighted by atomic mass is 19.3. The van der Waals surface area contributed by atoms with Crippen LogP contribution in [0.15, 0.2) is 35.6 Å². The first-order valence-corrected chi connectivity index (χ1v) is 10.4. The number of hydrogen-bond acceptors (Lipinski definition) is 7. The van der Waals surface area contributed by atoms with Crippen molar-refractivity contribution in [2.45, 2.75) is 50.7 Å². The second-order valence-corrected chi connectivity index (χ2v) is 8.85. The number of amidine groups is 1. The summed E-state index contributed by atoms with van der Waals surface area (Å²) in [6.45, 7) is 3.91. The molecule has 1 fully saturated rings. The normalized spacial score (nSPS) is 23.3. The fourth-order valence-corrected chi connectivity index (χ4v) is 3.62. The second-order valence-electron chi connectivity index (χ2n) is 8.85. The van der Waals surface area contributed by atoms with Crippen molar-refractivity contribution in [3.8, 4) is 5.88 Å². The number of nitrogens with zero attached hydrogens (tertiary/aromatic N) is 3. The molecule has 33 heavy (non-hydrogen) atoms. The van der Waals surface area contributed by atoms with Gasteiger partial charge in [0.1, 0.15) is 11.5 Å². The molecule has 176 valence electrons. The molecule has 1 unspecified atom stereocenters. The van der Waals surface area contributed by atoms with E-state index in [-0.39, 0.29) is 11.4 Å². The van der Waals surface area contributed by atoms with Crippen LogP contribution in [0.2, 0.25) is 0 Å². The summed E-state index contributed by atoms with van der Waals surface area (Å²) < 4.78 is 55.8. The molecule has 2 aromatic rings. The van der Waals surface area contributed by atoms with E-state index in [4.69, 9.17) is 15.2 Å². The highest BCUT2D eigenvalue weighted by Gasteiger charge is 2.66. The van der Waals surface area contributed by atoms with Gasteiger partial charge in [-0.2, -0.15) is 8.78 Å². The van der Waals surface area contributed by atoms with E-state index in [0.29, 0.717) is 18.4 Å². The summed E-state index contributed by atoms with van der Waals surface area (Å²) >= 11 is 0. The number of nitrogens with two attached hydrogens (primary N) is 1. The van der Waals surface area contributed by atoms with Crippen LogP contribution in [0.25, 0.3) is 0 Å². The quantitative estimate of drug-likeness (QED) is 0.677. The van der Waals surface area contributed by atoms with Crippen LogP contribution in [0.5, 0.6) is 5.88 Å². The van der Waals surface area contributed by atoms with Crippen LogP contribution in [-0.4, -0.2) is 40.0 Å². The lowest BCUT2D eigenvalue weighted by molar-refractivity contribution is -0.207. The number of halogens is 3. The van der Waals surface area contributed by atoms with Gasteiger partial charge in [0.05, 0.1) is 19.0 Å². The van der Waals surface area contributed by atoms with Crippen molar-refractivity contribution in [2.75, 3.05) is 11.9 Å². The number of amides is 1. The minimum atomic E-state index is -3.63. The van der Waals surface area contributed by atoms with Crippen molar-refractivity contribution in [1.82, 2.24) is 9.97 Å². The number of benzene rings is 1. The number of alkyl halides is 2. The summed E-state index contributed by atoms with van der Waals surface area (Å²) in [6, 6.07) is 2.83. The molecule has 1 aliphatic carbocycles. The number of anilines is 1. The molecule has 0 bridgehead atoms. The lowest BCUT2D eigenvalue weighted by Crippen LogP contribution is -2.62. The molecule has 1 amide bonds. The Labute approximate surface area is 188 Å². The van der Waals surface area contributed by atoms with Gasteiger partial charge < -0.3 is 20.5 Å². The predicted molar refractivity (Wildman–Crippen MR) is 114 cm³/mol. The van der Waals surface area contributed by atoms with Gasteiger partial charge in [-0.1, -0.05) is 0 Å². The number of aromatic nitrogens is 2. The molecule has 4 rings (SSSR count). The maximum absolute atomic E-state index is 15.3.